The fourth-order valence-corrected chi connectivity index (χ4v) is 2.70. The van der Waals surface area contributed by atoms with Crippen molar-refractivity contribution in [1.29, 1.82) is 0 Å². The number of nitrogens with one attached hydrogen (secondary N) is 1. The van der Waals surface area contributed by atoms with Crippen molar-refractivity contribution in [2.75, 3.05) is 11.9 Å². The zero-order valence-corrected chi connectivity index (χ0v) is 12.5. The molecule has 1 heterocycles. The van der Waals surface area contributed by atoms with Gasteiger partial charge >= 0.3 is 0 Å². The van der Waals surface area contributed by atoms with Gasteiger partial charge in [-0.25, -0.2) is 4.98 Å². The van der Waals surface area contributed by atoms with Crippen LogP contribution in [0.25, 0.3) is 0 Å². The van der Waals surface area contributed by atoms with Gasteiger partial charge < -0.3 is 5.32 Å². The maximum absolute atomic E-state index is 6.02. The molecule has 1 aromatic carbocycles. The second kappa shape index (κ2) is 5.85. The summed E-state index contributed by atoms with van der Waals surface area (Å²) in [6, 6.07) is 5.88. The fourth-order valence-electron chi connectivity index (χ4n) is 1.49. The smallest absolute Gasteiger partial charge is 0.0797 e. The summed E-state index contributed by atoms with van der Waals surface area (Å²) in [6.07, 6.45) is 0.990. The lowest BCUT2D eigenvalue weighted by Crippen LogP contribution is -2.04. The quantitative estimate of drug-likeness (QED) is 0.891. The van der Waals surface area contributed by atoms with Crippen LogP contribution in [0.15, 0.2) is 28.2 Å². The monoisotopic (exact) mass is 330 g/mol. The Kier molecular flexibility index (Phi) is 4.42. The van der Waals surface area contributed by atoms with Crippen LogP contribution in [-0.2, 0) is 6.42 Å². The molecule has 2 rings (SSSR count). The van der Waals surface area contributed by atoms with E-state index in [0.29, 0.717) is 0 Å². The molecule has 5 heteroatoms. The lowest BCUT2D eigenvalue weighted by molar-refractivity contribution is 1.02. The Morgan fingerprint density at radius 2 is 2.29 bits per heavy atom. The molecule has 17 heavy (non-hydrogen) atoms. The van der Waals surface area contributed by atoms with Gasteiger partial charge in [-0.3, -0.25) is 0 Å². The average Bonchev–Trinajstić information content (AvgIpc) is 2.70. The highest BCUT2D eigenvalue weighted by atomic mass is 79.9. The molecule has 0 radical (unpaired) electrons. The van der Waals surface area contributed by atoms with Crippen LogP contribution in [0.2, 0.25) is 5.02 Å². The van der Waals surface area contributed by atoms with Gasteiger partial charge in [0.15, 0.2) is 0 Å². The van der Waals surface area contributed by atoms with Crippen molar-refractivity contribution in [3.63, 3.8) is 0 Å². The maximum Gasteiger partial charge on any atom is 0.0797 e. The van der Waals surface area contributed by atoms with E-state index in [1.54, 1.807) is 11.3 Å². The van der Waals surface area contributed by atoms with Crippen LogP contribution in [0.3, 0.4) is 0 Å². The van der Waals surface area contributed by atoms with Crippen molar-refractivity contribution < 1.29 is 0 Å². The second-order valence-corrected chi connectivity index (χ2v) is 5.87. The van der Waals surface area contributed by atoms with E-state index in [1.165, 1.54) is 4.88 Å². The molecule has 0 aliphatic carbocycles. The first-order valence-electron chi connectivity index (χ1n) is 5.24. The summed E-state index contributed by atoms with van der Waals surface area (Å²) in [6.45, 7) is 2.93. The Hall–Kier alpha value is -0.580. The molecule has 0 aliphatic rings. The number of thiazole rings is 1. The molecule has 0 saturated carbocycles. The molecule has 0 bridgehead atoms. The molecule has 2 nitrogen and oxygen atoms in total. The van der Waals surface area contributed by atoms with E-state index in [4.69, 9.17) is 11.6 Å². The molecule has 1 N–H and O–H groups in total. The lowest BCUT2D eigenvalue weighted by Gasteiger charge is -2.06. The van der Waals surface area contributed by atoms with Gasteiger partial charge in [-0.05, 0) is 41.1 Å². The molecule has 0 unspecified atom stereocenters. The minimum Gasteiger partial charge on any atom is -0.385 e. The third-order valence-corrected chi connectivity index (χ3v) is 4.67. The van der Waals surface area contributed by atoms with Gasteiger partial charge in [0.05, 0.1) is 16.2 Å². The van der Waals surface area contributed by atoms with Crippen LogP contribution in [0.4, 0.5) is 5.69 Å². The average molecular weight is 332 g/mol. The predicted octanol–water partition coefficient (Wildman–Crippen LogP) is 4.52. The highest BCUT2D eigenvalue weighted by molar-refractivity contribution is 9.10. The molecule has 2 aromatic rings. The lowest BCUT2D eigenvalue weighted by atomic mass is 10.3. The summed E-state index contributed by atoms with van der Waals surface area (Å²) in [5.74, 6) is 0. The maximum atomic E-state index is 6.02. The van der Waals surface area contributed by atoms with Gasteiger partial charge in [0, 0.05) is 28.0 Å². The SMILES string of the molecule is Cc1ncsc1CCNc1ccc(Br)c(Cl)c1. The van der Waals surface area contributed by atoms with Gasteiger partial charge in [0.1, 0.15) is 0 Å². The molecular weight excluding hydrogens is 320 g/mol. The Morgan fingerprint density at radius 1 is 1.47 bits per heavy atom. The molecule has 0 aliphatic heterocycles. The van der Waals surface area contributed by atoms with Crippen molar-refractivity contribution in [2.45, 2.75) is 13.3 Å². The Labute approximate surface area is 118 Å². The first-order chi connectivity index (χ1) is 8.16. The largest absolute Gasteiger partial charge is 0.385 e. The van der Waals surface area contributed by atoms with E-state index in [0.717, 1.165) is 33.8 Å². The van der Waals surface area contributed by atoms with Gasteiger partial charge in [0.25, 0.3) is 0 Å². The van der Waals surface area contributed by atoms with Crippen molar-refractivity contribution in [1.82, 2.24) is 4.98 Å². The Bertz CT molecular complexity index is 513. The zero-order chi connectivity index (χ0) is 12.3. The zero-order valence-electron chi connectivity index (χ0n) is 9.34. The third-order valence-electron chi connectivity index (χ3n) is 2.45. The molecule has 1 aromatic heterocycles. The standard InChI is InChI=1S/C12H12BrClN2S/c1-8-12(17-7-16-8)4-5-15-9-2-3-10(13)11(14)6-9/h2-3,6-7,15H,4-5H2,1H3. The highest BCUT2D eigenvalue weighted by Crippen LogP contribution is 2.25. The number of aryl methyl sites for hydroxylation is 1. The van der Waals surface area contributed by atoms with Gasteiger partial charge in [-0.15, -0.1) is 11.3 Å². The number of nitrogens with zero attached hydrogens (tertiary/aromatic N) is 1. The van der Waals surface area contributed by atoms with E-state index >= 15 is 0 Å². The second-order valence-electron chi connectivity index (χ2n) is 3.67. The van der Waals surface area contributed by atoms with Gasteiger partial charge in [-0.1, -0.05) is 11.6 Å². The number of aromatic nitrogens is 1. The first kappa shape index (κ1) is 12.9. The number of anilines is 1. The van der Waals surface area contributed by atoms with Crippen molar-refractivity contribution >= 4 is 44.6 Å². The Balaban J connectivity index is 1.90. The third kappa shape index (κ3) is 3.44. The molecule has 0 saturated heterocycles. The van der Waals surface area contributed by atoms with Crippen LogP contribution in [0.1, 0.15) is 10.6 Å². The first-order valence-corrected chi connectivity index (χ1v) is 7.30. The fraction of sp³-hybridized carbons (Fsp3) is 0.250. The van der Waals surface area contributed by atoms with Crippen molar-refractivity contribution in [3.05, 3.63) is 43.8 Å². The summed E-state index contributed by atoms with van der Waals surface area (Å²) >= 11 is 11.1. The number of halogens is 2. The van der Waals surface area contributed by atoms with Crippen LogP contribution >= 0.6 is 38.9 Å². The van der Waals surface area contributed by atoms with Crippen LogP contribution in [0.5, 0.6) is 0 Å². The van der Waals surface area contributed by atoms with Crippen LogP contribution < -0.4 is 5.32 Å². The summed E-state index contributed by atoms with van der Waals surface area (Å²) in [5, 5.41) is 4.08. The minimum absolute atomic E-state index is 0.726. The van der Waals surface area contributed by atoms with E-state index in [-0.39, 0.29) is 0 Å². The molecule has 0 atom stereocenters. The van der Waals surface area contributed by atoms with Crippen molar-refractivity contribution in [2.24, 2.45) is 0 Å². The summed E-state index contributed by atoms with van der Waals surface area (Å²) in [7, 11) is 0. The molecule has 0 amide bonds. The normalized spacial score (nSPS) is 10.5. The minimum atomic E-state index is 0.726. The van der Waals surface area contributed by atoms with Crippen molar-refractivity contribution in [3.8, 4) is 0 Å². The number of hydrogen-bond acceptors (Lipinski definition) is 3. The molecular formula is C12H12BrClN2S. The number of benzene rings is 1. The van der Waals surface area contributed by atoms with E-state index < -0.39 is 0 Å². The van der Waals surface area contributed by atoms with E-state index in [2.05, 4.69) is 26.2 Å². The molecule has 90 valence electrons. The van der Waals surface area contributed by atoms with Gasteiger partial charge in [-0.2, -0.15) is 0 Å². The summed E-state index contributed by atoms with van der Waals surface area (Å²) in [4.78, 5) is 5.57. The van der Waals surface area contributed by atoms with Crippen LogP contribution in [0, 0.1) is 6.92 Å². The topological polar surface area (TPSA) is 24.9 Å². The number of rotatable bonds is 4. The summed E-state index contributed by atoms with van der Waals surface area (Å²) < 4.78 is 0.919. The highest BCUT2D eigenvalue weighted by Gasteiger charge is 2.02. The van der Waals surface area contributed by atoms with Gasteiger partial charge in [0.2, 0.25) is 0 Å². The Morgan fingerprint density at radius 3 is 2.94 bits per heavy atom. The molecule has 0 fully saturated rings. The van der Waals surface area contributed by atoms with Crippen LogP contribution in [-0.4, -0.2) is 11.5 Å². The number of hydrogen-bond donors (Lipinski definition) is 1. The predicted molar refractivity (Wildman–Crippen MR) is 78.2 cm³/mol. The molecule has 0 spiro atoms. The summed E-state index contributed by atoms with van der Waals surface area (Å²) in [5.41, 5.74) is 4.06. The van der Waals surface area contributed by atoms with E-state index in [1.807, 2.05) is 30.6 Å². The van der Waals surface area contributed by atoms with E-state index in [9.17, 15) is 0 Å².